The van der Waals surface area contributed by atoms with Crippen LogP contribution in [0.25, 0.3) is 0 Å². The molecule has 0 aliphatic heterocycles. The van der Waals surface area contributed by atoms with Crippen molar-refractivity contribution in [1.29, 1.82) is 0 Å². The molecular formula is C9H17BrN2O. The number of carbonyl (C=O) groups excluding carboxylic acids is 1. The average Bonchev–Trinajstić information content (AvgIpc) is 2.54. The molecule has 0 bridgehead atoms. The van der Waals surface area contributed by atoms with Gasteiger partial charge < -0.3 is 11.1 Å². The largest absolute Gasteiger partial charge is 0.354 e. The highest BCUT2D eigenvalue weighted by atomic mass is 79.9. The van der Waals surface area contributed by atoms with Gasteiger partial charge in [-0.05, 0) is 25.7 Å². The Labute approximate surface area is 87.6 Å². The Morgan fingerprint density at radius 2 is 2.23 bits per heavy atom. The summed E-state index contributed by atoms with van der Waals surface area (Å²) < 4.78 is 0. The first-order valence-corrected chi connectivity index (χ1v) is 5.38. The molecule has 1 aliphatic rings. The van der Waals surface area contributed by atoms with Gasteiger partial charge in [0.1, 0.15) is 0 Å². The normalized spacial score (nSPS) is 32.8. The minimum absolute atomic E-state index is 0.0830. The molecule has 3 nitrogen and oxygen atoms in total. The Bertz CT molecular complexity index is 224. The van der Waals surface area contributed by atoms with Crippen LogP contribution in [0.4, 0.5) is 0 Å². The number of rotatable bonds is 3. The lowest BCUT2D eigenvalue weighted by Crippen LogP contribution is -2.50. The van der Waals surface area contributed by atoms with E-state index in [4.69, 9.17) is 5.73 Å². The van der Waals surface area contributed by atoms with Gasteiger partial charge in [0, 0.05) is 11.4 Å². The molecule has 2 atom stereocenters. The first kappa shape index (κ1) is 11.0. The predicted molar refractivity (Wildman–Crippen MR) is 56.7 cm³/mol. The van der Waals surface area contributed by atoms with Crippen LogP contribution < -0.4 is 11.1 Å². The Morgan fingerprint density at radius 3 is 2.54 bits per heavy atom. The average molecular weight is 249 g/mol. The number of hydrogen-bond acceptors (Lipinski definition) is 2. The molecule has 76 valence electrons. The fraction of sp³-hybridized carbons (Fsp3) is 0.889. The molecule has 0 aromatic heterocycles. The molecule has 0 radical (unpaired) electrons. The first-order valence-electron chi connectivity index (χ1n) is 4.47. The molecule has 1 amide bonds. The highest BCUT2D eigenvalue weighted by molar-refractivity contribution is 9.09. The molecule has 0 aromatic rings. The van der Waals surface area contributed by atoms with Crippen LogP contribution in [0.5, 0.6) is 0 Å². The SMILES string of the molecule is CC(C)(N)C(=O)NCC1(C)CC1Br. The van der Waals surface area contributed by atoms with Gasteiger partial charge in [0.05, 0.1) is 5.54 Å². The van der Waals surface area contributed by atoms with Gasteiger partial charge in [0.2, 0.25) is 5.91 Å². The highest BCUT2D eigenvalue weighted by Gasteiger charge is 2.48. The van der Waals surface area contributed by atoms with Gasteiger partial charge in [0.15, 0.2) is 0 Å². The Balaban J connectivity index is 2.32. The molecule has 1 saturated carbocycles. The maximum atomic E-state index is 11.4. The number of nitrogens with one attached hydrogen (secondary N) is 1. The van der Waals surface area contributed by atoms with Gasteiger partial charge in [-0.2, -0.15) is 0 Å². The van der Waals surface area contributed by atoms with Crippen molar-refractivity contribution < 1.29 is 4.79 Å². The van der Waals surface area contributed by atoms with Gasteiger partial charge in [-0.25, -0.2) is 0 Å². The van der Waals surface area contributed by atoms with Crippen molar-refractivity contribution >= 4 is 21.8 Å². The fourth-order valence-electron chi connectivity index (χ4n) is 1.04. The second kappa shape index (κ2) is 3.24. The first-order chi connectivity index (χ1) is 5.76. The topological polar surface area (TPSA) is 55.1 Å². The smallest absolute Gasteiger partial charge is 0.239 e. The van der Waals surface area contributed by atoms with E-state index < -0.39 is 5.54 Å². The van der Waals surface area contributed by atoms with Crippen LogP contribution in [0.15, 0.2) is 0 Å². The van der Waals surface area contributed by atoms with E-state index in [9.17, 15) is 4.79 Å². The van der Waals surface area contributed by atoms with Crippen molar-refractivity contribution in [1.82, 2.24) is 5.32 Å². The molecule has 1 rings (SSSR count). The zero-order chi connectivity index (χ0) is 10.3. The van der Waals surface area contributed by atoms with Gasteiger partial charge in [-0.1, -0.05) is 22.9 Å². The van der Waals surface area contributed by atoms with E-state index in [0.717, 1.165) is 6.42 Å². The summed E-state index contributed by atoms with van der Waals surface area (Å²) in [5, 5.41) is 2.86. The molecular weight excluding hydrogens is 232 g/mol. The maximum Gasteiger partial charge on any atom is 0.239 e. The zero-order valence-electron chi connectivity index (χ0n) is 8.36. The summed E-state index contributed by atoms with van der Waals surface area (Å²) in [6.07, 6.45) is 1.12. The Hall–Kier alpha value is -0.0900. The molecule has 0 heterocycles. The third-order valence-electron chi connectivity index (χ3n) is 2.48. The second-order valence-electron chi connectivity index (χ2n) is 4.73. The van der Waals surface area contributed by atoms with Crippen molar-refractivity contribution in [2.45, 2.75) is 37.6 Å². The molecule has 0 aromatic carbocycles. The molecule has 1 aliphatic carbocycles. The van der Waals surface area contributed by atoms with E-state index in [1.54, 1.807) is 13.8 Å². The van der Waals surface area contributed by atoms with E-state index in [-0.39, 0.29) is 11.3 Å². The summed E-state index contributed by atoms with van der Waals surface area (Å²) in [6, 6.07) is 0. The van der Waals surface area contributed by atoms with Crippen LogP contribution in [-0.2, 0) is 4.79 Å². The zero-order valence-corrected chi connectivity index (χ0v) is 9.94. The minimum Gasteiger partial charge on any atom is -0.354 e. The number of nitrogens with two attached hydrogens (primary N) is 1. The molecule has 13 heavy (non-hydrogen) atoms. The van der Waals surface area contributed by atoms with Crippen LogP contribution in [0.2, 0.25) is 0 Å². The number of alkyl halides is 1. The lowest BCUT2D eigenvalue weighted by atomic mass is 10.1. The van der Waals surface area contributed by atoms with Crippen LogP contribution in [0, 0.1) is 5.41 Å². The standard InChI is InChI=1S/C9H17BrN2O/c1-8(2,11)7(13)12-5-9(3)4-6(9)10/h6H,4-5,11H2,1-3H3,(H,12,13). The fourth-order valence-corrected chi connectivity index (χ4v) is 1.94. The van der Waals surface area contributed by atoms with Crippen molar-refractivity contribution in [3.05, 3.63) is 0 Å². The van der Waals surface area contributed by atoms with Crippen molar-refractivity contribution in [2.24, 2.45) is 11.1 Å². The van der Waals surface area contributed by atoms with Gasteiger partial charge >= 0.3 is 0 Å². The number of halogens is 1. The summed E-state index contributed by atoms with van der Waals surface area (Å²) in [4.78, 5) is 11.9. The van der Waals surface area contributed by atoms with Crippen LogP contribution in [-0.4, -0.2) is 22.8 Å². The lowest BCUT2D eigenvalue weighted by molar-refractivity contribution is -0.125. The van der Waals surface area contributed by atoms with E-state index >= 15 is 0 Å². The maximum absolute atomic E-state index is 11.4. The molecule has 0 spiro atoms. The van der Waals surface area contributed by atoms with Gasteiger partial charge in [-0.15, -0.1) is 0 Å². The van der Waals surface area contributed by atoms with E-state index in [2.05, 4.69) is 28.2 Å². The number of amides is 1. The van der Waals surface area contributed by atoms with E-state index in [0.29, 0.717) is 11.4 Å². The van der Waals surface area contributed by atoms with Crippen molar-refractivity contribution in [3.63, 3.8) is 0 Å². The highest BCUT2D eigenvalue weighted by Crippen LogP contribution is 2.50. The van der Waals surface area contributed by atoms with Gasteiger partial charge in [-0.3, -0.25) is 4.79 Å². The summed E-state index contributed by atoms with van der Waals surface area (Å²) in [6.45, 7) is 6.28. The number of hydrogen-bond donors (Lipinski definition) is 2. The van der Waals surface area contributed by atoms with Crippen molar-refractivity contribution in [3.8, 4) is 0 Å². The number of carbonyl (C=O) groups is 1. The van der Waals surface area contributed by atoms with Gasteiger partial charge in [0.25, 0.3) is 0 Å². The van der Waals surface area contributed by atoms with Crippen LogP contribution in [0.1, 0.15) is 27.2 Å². The van der Waals surface area contributed by atoms with Crippen molar-refractivity contribution in [2.75, 3.05) is 6.54 Å². The minimum atomic E-state index is -0.771. The second-order valence-corrected chi connectivity index (χ2v) is 5.84. The van der Waals surface area contributed by atoms with Crippen LogP contribution >= 0.6 is 15.9 Å². The molecule has 2 unspecified atom stereocenters. The molecule has 4 heteroatoms. The summed E-state index contributed by atoms with van der Waals surface area (Å²) in [5.74, 6) is -0.0830. The Kier molecular flexibility index (Phi) is 2.74. The summed E-state index contributed by atoms with van der Waals surface area (Å²) >= 11 is 3.52. The molecule has 1 fully saturated rings. The molecule has 0 saturated heterocycles. The van der Waals surface area contributed by atoms with E-state index in [1.807, 2.05) is 0 Å². The Morgan fingerprint density at radius 1 is 1.77 bits per heavy atom. The molecule has 3 N–H and O–H groups in total. The third-order valence-corrected chi connectivity index (χ3v) is 3.91. The quantitative estimate of drug-likeness (QED) is 0.733. The summed E-state index contributed by atoms with van der Waals surface area (Å²) in [5.41, 5.74) is 5.11. The predicted octanol–water partition coefficient (Wildman–Crippen LogP) is 1.01. The third kappa shape index (κ3) is 2.68. The van der Waals surface area contributed by atoms with E-state index in [1.165, 1.54) is 0 Å². The lowest BCUT2D eigenvalue weighted by Gasteiger charge is -2.19. The monoisotopic (exact) mass is 248 g/mol. The summed E-state index contributed by atoms with van der Waals surface area (Å²) in [7, 11) is 0. The van der Waals surface area contributed by atoms with Crippen LogP contribution in [0.3, 0.4) is 0 Å².